The number of carbonyl (C=O) groups excluding carboxylic acids is 1. The van der Waals surface area contributed by atoms with Crippen LogP contribution in [0.3, 0.4) is 0 Å². The lowest BCUT2D eigenvalue weighted by Crippen LogP contribution is -2.15. The van der Waals surface area contributed by atoms with Gasteiger partial charge in [0.1, 0.15) is 0 Å². The van der Waals surface area contributed by atoms with E-state index in [1.165, 1.54) is 19.1 Å². The number of carbonyl (C=O) groups is 1. The van der Waals surface area contributed by atoms with E-state index < -0.39 is 17.6 Å². The molecule has 1 amide bonds. The van der Waals surface area contributed by atoms with E-state index in [9.17, 15) is 18.0 Å². The number of alkyl halides is 3. The Bertz CT molecular complexity index is 691. The molecular formula is C13H13F3N4O. The summed E-state index contributed by atoms with van der Waals surface area (Å²) in [5.74, 6) is -0.672. The summed E-state index contributed by atoms with van der Waals surface area (Å²) in [6, 6.07) is 3.55. The minimum Gasteiger partial charge on any atom is -0.395 e. The van der Waals surface area contributed by atoms with Crippen molar-refractivity contribution in [3.8, 4) is 0 Å². The van der Waals surface area contributed by atoms with Crippen molar-refractivity contribution < 1.29 is 18.0 Å². The molecule has 0 saturated carbocycles. The van der Waals surface area contributed by atoms with Crippen molar-refractivity contribution in [3.63, 3.8) is 0 Å². The standard InChI is InChI=1S/C13H13F3N4O/c1-6-3-4-8(5-9(6)13(14,15)16)18-12(21)11-10(17)7(2)19-20-11/h3-5H,17H2,1-2H3,(H,18,21)(H,19,20). The smallest absolute Gasteiger partial charge is 0.395 e. The van der Waals surface area contributed by atoms with Crippen molar-refractivity contribution >= 4 is 17.3 Å². The average Bonchev–Trinajstić information content (AvgIpc) is 2.71. The third kappa shape index (κ3) is 2.99. The number of hydrogen-bond donors (Lipinski definition) is 3. The van der Waals surface area contributed by atoms with Gasteiger partial charge in [-0.15, -0.1) is 0 Å². The number of halogens is 3. The molecule has 21 heavy (non-hydrogen) atoms. The molecule has 0 atom stereocenters. The molecule has 1 aromatic heterocycles. The molecule has 2 aromatic rings. The number of aromatic amines is 1. The van der Waals surface area contributed by atoms with Gasteiger partial charge >= 0.3 is 6.18 Å². The van der Waals surface area contributed by atoms with Crippen LogP contribution in [-0.4, -0.2) is 16.1 Å². The average molecular weight is 298 g/mol. The van der Waals surface area contributed by atoms with Crippen molar-refractivity contribution in [3.05, 3.63) is 40.7 Å². The maximum Gasteiger partial charge on any atom is 0.416 e. The van der Waals surface area contributed by atoms with Gasteiger partial charge < -0.3 is 11.1 Å². The van der Waals surface area contributed by atoms with Crippen LogP contribution >= 0.6 is 0 Å². The van der Waals surface area contributed by atoms with Gasteiger partial charge in [0.05, 0.1) is 16.9 Å². The number of benzene rings is 1. The van der Waals surface area contributed by atoms with Crippen molar-refractivity contribution in [2.75, 3.05) is 11.1 Å². The van der Waals surface area contributed by atoms with Crippen LogP contribution in [0.15, 0.2) is 18.2 Å². The van der Waals surface area contributed by atoms with E-state index in [1.807, 2.05) is 0 Å². The van der Waals surface area contributed by atoms with Gasteiger partial charge in [-0.2, -0.15) is 18.3 Å². The van der Waals surface area contributed by atoms with E-state index in [1.54, 1.807) is 6.92 Å². The number of amides is 1. The number of rotatable bonds is 2. The number of nitrogens with zero attached hydrogens (tertiary/aromatic N) is 1. The number of H-pyrrole nitrogens is 1. The summed E-state index contributed by atoms with van der Waals surface area (Å²) in [5, 5.41) is 8.60. The Kier molecular flexibility index (Phi) is 3.63. The van der Waals surface area contributed by atoms with E-state index in [0.29, 0.717) is 5.69 Å². The fraction of sp³-hybridized carbons (Fsp3) is 0.231. The highest BCUT2D eigenvalue weighted by atomic mass is 19.4. The third-order valence-corrected chi connectivity index (χ3v) is 3.01. The summed E-state index contributed by atoms with van der Waals surface area (Å²) in [5.41, 5.74) is 5.57. The van der Waals surface area contributed by atoms with Gasteiger partial charge in [-0.05, 0) is 31.5 Å². The molecule has 0 aliphatic heterocycles. The zero-order valence-corrected chi connectivity index (χ0v) is 11.3. The van der Waals surface area contributed by atoms with E-state index >= 15 is 0 Å². The first kappa shape index (κ1) is 14.9. The quantitative estimate of drug-likeness (QED) is 0.797. The summed E-state index contributed by atoms with van der Waals surface area (Å²) < 4.78 is 38.4. The van der Waals surface area contributed by atoms with E-state index in [2.05, 4.69) is 15.5 Å². The molecule has 4 N–H and O–H groups in total. The lowest BCUT2D eigenvalue weighted by Gasteiger charge is -2.12. The maximum atomic E-state index is 12.8. The van der Waals surface area contributed by atoms with Crippen LogP contribution in [0.5, 0.6) is 0 Å². The monoisotopic (exact) mass is 298 g/mol. The molecule has 1 aromatic carbocycles. The SMILES string of the molecule is Cc1ccc(NC(=O)c2n[nH]c(C)c2N)cc1C(F)(F)F. The lowest BCUT2D eigenvalue weighted by atomic mass is 10.1. The van der Waals surface area contributed by atoms with Gasteiger partial charge in [0.15, 0.2) is 5.69 Å². The van der Waals surface area contributed by atoms with Gasteiger partial charge in [0.2, 0.25) is 0 Å². The first-order valence-electron chi connectivity index (χ1n) is 5.99. The minimum absolute atomic E-state index is 0.0259. The number of aryl methyl sites for hydroxylation is 2. The van der Waals surface area contributed by atoms with Gasteiger partial charge in [-0.1, -0.05) is 6.07 Å². The van der Waals surface area contributed by atoms with Crippen LogP contribution in [0.2, 0.25) is 0 Å². The molecule has 0 aliphatic carbocycles. The Morgan fingerprint density at radius 1 is 1.33 bits per heavy atom. The summed E-state index contributed by atoms with van der Waals surface area (Å²) in [4.78, 5) is 11.9. The highest BCUT2D eigenvalue weighted by Gasteiger charge is 2.32. The molecule has 112 valence electrons. The van der Waals surface area contributed by atoms with Crippen LogP contribution in [0.1, 0.15) is 27.3 Å². The first-order valence-corrected chi connectivity index (χ1v) is 5.99. The number of aromatic nitrogens is 2. The molecule has 1 heterocycles. The summed E-state index contributed by atoms with van der Waals surface area (Å²) in [7, 11) is 0. The van der Waals surface area contributed by atoms with E-state index in [0.717, 1.165) is 6.07 Å². The van der Waals surface area contributed by atoms with Crippen molar-refractivity contribution in [2.24, 2.45) is 0 Å². The molecule has 0 radical (unpaired) electrons. The maximum absolute atomic E-state index is 12.8. The Hall–Kier alpha value is -2.51. The second-order valence-corrected chi connectivity index (χ2v) is 4.59. The molecule has 2 rings (SSSR count). The van der Waals surface area contributed by atoms with Crippen molar-refractivity contribution in [2.45, 2.75) is 20.0 Å². The molecule has 0 unspecified atom stereocenters. The zero-order valence-electron chi connectivity index (χ0n) is 11.3. The second-order valence-electron chi connectivity index (χ2n) is 4.59. The van der Waals surface area contributed by atoms with Gasteiger partial charge in [0, 0.05) is 5.69 Å². The fourth-order valence-corrected chi connectivity index (χ4v) is 1.81. The Morgan fingerprint density at radius 2 is 2.00 bits per heavy atom. The molecule has 0 saturated heterocycles. The Morgan fingerprint density at radius 3 is 2.52 bits per heavy atom. The van der Waals surface area contributed by atoms with E-state index in [-0.39, 0.29) is 22.6 Å². The van der Waals surface area contributed by atoms with Crippen LogP contribution in [0, 0.1) is 13.8 Å². The number of hydrogen-bond acceptors (Lipinski definition) is 3. The van der Waals surface area contributed by atoms with Gasteiger partial charge in [-0.25, -0.2) is 0 Å². The summed E-state index contributed by atoms with van der Waals surface area (Å²) >= 11 is 0. The van der Waals surface area contributed by atoms with Gasteiger partial charge in [0.25, 0.3) is 5.91 Å². The molecule has 0 fully saturated rings. The topological polar surface area (TPSA) is 83.8 Å². The first-order chi connectivity index (χ1) is 9.70. The highest BCUT2D eigenvalue weighted by molar-refractivity contribution is 6.06. The number of nitrogens with one attached hydrogen (secondary N) is 2. The van der Waals surface area contributed by atoms with Crippen molar-refractivity contribution in [1.29, 1.82) is 0 Å². The van der Waals surface area contributed by atoms with Crippen LogP contribution in [0.4, 0.5) is 24.5 Å². The molecule has 8 heteroatoms. The number of nitrogens with two attached hydrogens (primary N) is 1. The van der Waals surface area contributed by atoms with Crippen LogP contribution in [0.25, 0.3) is 0 Å². The highest BCUT2D eigenvalue weighted by Crippen LogP contribution is 2.33. The molecule has 5 nitrogen and oxygen atoms in total. The second kappa shape index (κ2) is 5.12. The Labute approximate surface area is 118 Å². The molecule has 0 spiro atoms. The predicted molar refractivity (Wildman–Crippen MR) is 71.9 cm³/mol. The summed E-state index contributed by atoms with van der Waals surface area (Å²) in [6.45, 7) is 2.98. The number of anilines is 2. The zero-order chi connectivity index (χ0) is 15.8. The number of nitrogen functional groups attached to an aromatic ring is 1. The molecule has 0 aliphatic rings. The van der Waals surface area contributed by atoms with Crippen LogP contribution < -0.4 is 11.1 Å². The third-order valence-electron chi connectivity index (χ3n) is 3.01. The van der Waals surface area contributed by atoms with E-state index in [4.69, 9.17) is 5.73 Å². The molecular weight excluding hydrogens is 285 g/mol. The normalized spacial score (nSPS) is 11.5. The molecule has 0 bridgehead atoms. The van der Waals surface area contributed by atoms with Gasteiger partial charge in [-0.3, -0.25) is 9.89 Å². The van der Waals surface area contributed by atoms with Crippen LogP contribution in [-0.2, 0) is 6.18 Å². The lowest BCUT2D eigenvalue weighted by molar-refractivity contribution is -0.138. The predicted octanol–water partition coefficient (Wildman–Crippen LogP) is 2.88. The fourth-order valence-electron chi connectivity index (χ4n) is 1.81. The Balaban J connectivity index is 2.28. The summed E-state index contributed by atoms with van der Waals surface area (Å²) in [6.07, 6.45) is -4.48. The van der Waals surface area contributed by atoms with Crippen molar-refractivity contribution in [1.82, 2.24) is 10.2 Å². The minimum atomic E-state index is -4.48. The largest absolute Gasteiger partial charge is 0.416 e.